The van der Waals surface area contributed by atoms with Gasteiger partial charge in [0.05, 0.1) is 12.2 Å². The third-order valence-electron chi connectivity index (χ3n) is 5.12. The van der Waals surface area contributed by atoms with Crippen LogP contribution in [0.2, 0.25) is 0 Å². The molecule has 3 rings (SSSR count). The molecule has 0 amide bonds. The SMILES string of the molecule is Cc1ccc(C(C)C)c(OCC(=O)Oc2cccc(C(=O)OCCCc3ccccc3)c2)c1. The molecule has 33 heavy (non-hydrogen) atoms. The van der Waals surface area contributed by atoms with Crippen molar-refractivity contribution in [1.82, 2.24) is 0 Å². The lowest BCUT2D eigenvalue weighted by Crippen LogP contribution is -2.18. The molecule has 0 spiro atoms. The van der Waals surface area contributed by atoms with Gasteiger partial charge in [0.1, 0.15) is 11.5 Å². The maximum absolute atomic E-state index is 12.4. The summed E-state index contributed by atoms with van der Waals surface area (Å²) in [6.07, 6.45) is 1.57. The molecule has 0 fully saturated rings. The zero-order valence-electron chi connectivity index (χ0n) is 19.4. The Morgan fingerprint density at radius 2 is 1.70 bits per heavy atom. The van der Waals surface area contributed by atoms with Crippen molar-refractivity contribution < 1.29 is 23.8 Å². The second-order valence-electron chi connectivity index (χ2n) is 8.21. The highest BCUT2D eigenvalue weighted by atomic mass is 16.6. The molecule has 0 bridgehead atoms. The van der Waals surface area contributed by atoms with Gasteiger partial charge in [0.2, 0.25) is 0 Å². The van der Waals surface area contributed by atoms with E-state index in [1.165, 1.54) is 11.6 Å². The molecular weight excluding hydrogens is 416 g/mol. The number of esters is 2. The van der Waals surface area contributed by atoms with E-state index in [1.807, 2.05) is 55.5 Å². The van der Waals surface area contributed by atoms with Crippen LogP contribution in [0.25, 0.3) is 0 Å². The molecule has 5 heteroatoms. The first-order chi connectivity index (χ1) is 15.9. The predicted molar refractivity (Wildman–Crippen MR) is 128 cm³/mol. The van der Waals surface area contributed by atoms with Gasteiger partial charge in [0.25, 0.3) is 0 Å². The number of hydrogen-bond acceptors (Lipinski definition) is 5. The van der Waals surface area contributed by atoms with Gasteiger partial charge in [-0.05, 0) is 66.6 Å². The van der Waals surface area contributed by atoms with Gasteiger partial charge in [-0.2, -0.15) is 0 Å². The van der Waals surface area contributed by atoms with Gasteiger partial charge >= 0.3 is 11.9 Å². The van der Waals surface area contributed by atoms with Gasteiger partial charge in [-0.15, -0.1) is 0 Å². The molecule has 3 aromatic carbocycles. The first kappa shape index (κ1) is 24.1. The lowest BCUT2D eigenvalue weighted by Gasteiger charge is -2.14. The number of hydrogen-bond donors (Lipinski definition) is 0. The van der Waals surface area contributed by atoms with Crippen LogP contribution in [0.5, 0.6) is 11.5 Å². The third kappa shape index (κ3) is 7.49. The van der Waals surface area contributed by atoms with Crippen LogP contribution in [0.3, 0.4) is 0 Å². The van der Waals surface area contributed by atoms with Gasteiger partial charge < -0.3 is 14.2 Å². The van der Waals surface area contributed by atoms with Gasteiger partial charge in [-0.25, -0.2) is 9.59 Å². The zero-order chi connectivity index (χ0) is 23.6. The van der Waals surface area contributed by atoms with Crippen LogP contribution < -0.4 is 9.47 Å². The van der Waals surface area contributed by atoms with E-state index in [2.05, 4.69) is 13.8 Å². The molecule has 0 aliphatic carbocycles. The monoisotopic (exact) mass is 446 g/mol. The van der Waals surface area contributed by atoms with Crippen molar-refractivity contribution in [3.05, 3.63) is 95.1 Å². The molecule has 172 valence electrons. The Hall–Kier alpha value is -3.60. The molecule has 0 aromatic heterocycles. The molecule has 0 aliphatic rings. The van der Waals surface area contributed by atoms with E-state index in [9.17, 15) is 9.59 Å². The van der Waals surface area contributed by atoms with Crippen molar-refractivity contribution in [3.8, 4) is 11.5 Å². The number of carbonyl (C=O) groups is 2. The van der Waals surface area contributed by atoms with Crippen LogP contribution >= 0.6 is 0 Å². The minimum atomic E-state index is -0.542. The lowest BCUT2D eigenvalue weighted by atomic mass is 10.0. The average molecular weight is 447 g/mol. The Bertz CT molecular complexity index is 1070. The summed E-state index contributed by atoms with van der Waals surface area (Å²) >= 11 is 0. The maximum atomic E-state index is 12.4. The van der Waals surface area contributed by atoms with Crippen molar-refractivity contribution >= 4 is 11.9 Å². The summed E-state index contributed by atoms with van der Waals surface area (Å²) < 4.78 is 16.5. The highest BCUT2D eigenvalue weighted by molar-refractivity contribution is 5.90. The van der Waals surface area contributed by atoms with Gasteiger partial charge in [0.15, 0.2) is 6.61 Å². The number of rotatable bonds is 10. The molecular formula is C28H30O5. The first-order valence-electron chi connectivity index (χ1n) is 11.2. The highest BCUT2D eigenvalue weighted by Crippen LogP contribution is 2.27. The van der Waals surface area contributed by atoms with Crippen LogP contribution in [-0.4, -0.2) is 25.2 Å². The normalized spacial score (nSPS) is 10.7. The molecule has 0 saturated heterocycles. The van der Waals surface area contributed by atoms with Crippen molar-refractivity contribution in [2.75, 3.05) is 13.2 Å². The predicted octanol–water partition coefficient (Wildman–Crippen LogP) is 5.89. The van der Waals surface area contributed by atoms with Crippen LogP contribution in [0, 0.1) is 6.92 Å². The fraction of sp³-hybridized carbons (Fsp3) is 0.286. The summed E-state index contributed by atoms with van der Waals surface area (Å²) in [6, 6.07) is 22.4. The molecule has 0 saturated carbocycles. The first-order valence-corrected chi connectivity index (χ1v) is 11.2. The summed E-state index contributed by atoms with van der Waals surface area (Å²) in [7, 11) is 0. The summed E-state index contributed by atoms with van der Waals surface area (Å²) in [6.45, 7) is 6.21. The van der Waals surface area contributed by atoms with Crippen LogP contribution in [0.4, 0.5) is 0 Å². The number of benzene rings is 3. The second-order valence-corrected chi connectivity index (χ2v) is 8.21. The Labute approximate surface area is 195 Å². The van der Waals surface area contributed by atoms with Crippen molar-refractivity contribution in [2.45, 2.75) is 39.5 Å². The fourth-order valence-corrected chi connectivity index (χ4v) is 3.40. The quantitative estimate of drug-likeness (QED) is 0.221. The fourth-order valence-electron chi connectivity index (χ4n) is 3.40. The molecule has 5 nitrogen and oxygen atoms in total. The van der Waals surface area contributed by atoms with E-state index in [-0.39, 0.29) is 18.3 Å². The Kier molecular flexibility index (Phi) is 8.64. The minimum Gasteiger partial charge on any atom is -0.482 e. The summed E-state index contributed by atoms with van der Waals surface area (Å²) in [4.78, 5) is 24.7. The van der Waals surface area contributed by atoms with Crippen LogP contribution in [-0.2, 0) is 16.0 Å². The number of carbonyl (C=O) groups excluding carboxylic acids is 2. The Morgan fingerprint density at radius 1 is 0.909 bits per heavy atom. The number of aryl methyl sites for hydroxylation is 2. The number of ether oxygens (including phenoxy) is 3. The average Bonchev–Trinajstić information content (AvgIpc) is 2.81. The third-order valence-corrected chi connectivity index (χ3v) is 5.12. The van der Waals surface area contributed by atoms with Gasteiger partial charge in [-0.1, -0.05) is 62.4 Å². The topological polar surface area (TPSA) is 61.8 Å². The molecule has 0 N–H and O–H groups in total. The van der Waals surface area contributed by atoms with Crippen molar-refractivity contribution in [1.29, 1.82) is 0 Å². The molecule has 0 heterocycles. The van der Waals surface area contributed by atoms with E-state index in [0.29, 0.717) is 17.9 Å². The van der Waals surface area contributed by atoms with Crippen molar-refractivity contribution in [2.24, 2.45) is 0 Å². The van der Waals surface area contributed by atoms with Gasteiger partial charge in [0, 0.05) is 0 Å². The largest absolute Gasteiger partial charge is 0.482 e. The Balaban J connectivity index is 1.49. The molecule has 0 aliphatic heterocycles. The summed E-state index contributed by atoms with van der Waals surface area (Å²) in [5.41, 5.74) is 3.63. The standard InChI is InChI=1S/C28H30O5/c1-20(2)25-15-14-21(3)17-26(25)32-19-27(29)33-24-13-7-12-23(18-24)28(30)31-16-8-11-22-9-5-4-6-10-22/h4-7,9-10,12-15,17-18,20H,8,11,16,19H2,1-3H3. The van der Waals surface area contributed by atoms with E-state index in [1.54, 1.807) is 18.2 Å². The second kappa shape index (κ2) is 11.9. The Morgan fingerprint density at radius 3 is 2.45 bits per heavy atom. The van der Waals surface area contributed by atoms with E-state index < -0.39 is 11.9 Å². The highest BCUT2D eigenvalue weighted by Gasteiger charge is 2.13. The van der Waals surface area contributed by atoms with Crippen LogP contribution in [0.1, 0.15) is 53.2 Å². The zero-order valence-corrected chi connectivity index (χ0v) is 19.4. The maximum Gasteiger partial charge on any atom is 0.349 e. The smallest absolute Gasteiger partial charge is 0.349 e. The summed E-state index contributed by atoms with van der Waals surface area (Å²) in [5, 5.41) is 0. The molecule has 0 unspecified atom stereocenters. The lowest BCUT2D eigenvalue weighted by molar-refractivity contribution is -0.136. The summed E-state index contributed by atoms with van der Waals surface area (Å²) in [5.74, 6) is 0.232. The van der Waals surface area contributed by atoms with E-state index in [4.69, 9.17) is 14.2 Å². The molecule has 0 atom stereocenters. The molecule has 0 radical (unpaired) electrons. The van der Waals surface area contributed by atoms with Gasteiger partial charge in [-0.3, -0.25) is 0 Å². The van der Waals surface area contributed by atoms with E-state index in [0.717, 1.165) is 24.0 Å². The minimum absolute atomic E-state index is 0.225. The molecule has 3 aromatic rings. The van der Waals surface area contributed by atoms with E-state index >= 15 is 0 Å². The van der Waals surface area contributed by atoms with Crippen molar-refractivity contribution in [3.63, 3.8) is 0 Å². The van der Waals surface area contributed by atoms with Crippen LogP contribution in [0.15, 0.2) is 72.8 Å².